The Morgan fingerprint density at radius 1 is 1.05 bits per heavy atom. The molecular weight excluding hydrogens is 566 g/mol. The van der Waals surface area contributed by atoms with Crippen molar-refractivity contribution < 1.29 is 24.2 Å². The number of anilines is 2. The van der Waals surface area contributed by atoms with Crippen LogP contribution in [0.15, 0.2) is 30.5 Å². The predicted octanol–water partition coefficient (Wildman–Crippen LogP) is 4.22. The van der Waals surface area contributed by atoms with Gasteiger partial charge in [0.05, 0.1) is 15.7 Å². The van der Waals surface area contributed by atoms with Crippen molar-refractivity contribution in [3.05, 3.63) is 51.9 Å². The first-order valence-electron chi connectivity index (χ1n) is 12.4. The number of carboxylic acid groups (broad SMARTS) is 2. The molecule has 1 aliphatic rings. The van der Waals surface area contributed by atoms with Crippen LogP contribution in [0.1, 0.15) is 39.7 Å². The Balaban J connectivity index is 0.000000621. The van der Waals surface area contributed by atoms with E-state index in [9.17, 15) is 4.39 Å². The third-order valence-corrected chi connectivity index (χ3v) is 6.43. The van der Waals surface area contributed by atoms with Gasteiger partial charge >= 0.3 is 0 Å². The Labute approximate surface area is 241 Å². The van der Waals surface area contributed by atoms with Crippen LogP contribution in [0.25, 0.3) is 5.69 Å². The van der Waals surface area contributed by atoms with Crippen LogP contribution in [0.4, 0.5) is 16.2 Å². The van der Waals surface area contributed by atoms with Crippen molar-refractivity contribution in [2.75, 3.05) is 36.4 Å². The molecule has 15 heteroatoms. The molecule has 0 radical (unpaired) electrons. The van der Waals surface area contributed by atoms with Crippen LogP contribution >= 0.6 is 23.2 Å². The molecule has 3 aromatic rings. The van der Waals surface area contributed by atoms with Crippen LogP contribution < -0.4 is 10.2 Å². The fourth-order valence-electron chi connectivity index (χ4n) is 3.83. The number of hydrogen-bond donors (Lipinski definition) is 3. The standard InChI is InChI=1S/C21H25Cl2FN8.2C2H4O2/c1-14(2)30-9-4-10-31(12-11-30)20-15(5-3-8-25-20)13-26-21-27-28-29-32(21)17-7-6-16(24)18(22)19(17)23;2*1-2(3)4/h3,5-8,14H,4,9-13H2,1-2H3,(H,26,27,29);2*1H3,(H,3,4). The molecule has 40 heavy (non-hydrogen) atoms. The minimum absolute atomic E-state index is 0.0448. The molecule has 218 valence electrons. The highest BCUT2D eigenvalue weighted by Crippen LogP contribution is 2.31. The molecule has 1 fully saturated rings. The normalized spacial score (nSPS) is 13.4. The highest BCUT2D eigenvalue weighted by Gasteiger charge is 2.20. The Bertz CT molecular complexity index is 1260. The van der Waals surface area contributed by atoms with Crippen LogP contribution in [0.2, 0.25) is 10.0 Å². The van der Waals surface area contributed by atoms with E-state index in [0.717, 1.165) is 57.8 Å². The number of nitrogens with zero attached hydrogens (tertiary/aromatic N) is 7. The summed E-state index contributed by atoms with van der Waals surface area (Å²) < 4.78 is 15.1. The molecule has 0 atom stereocenters. The van der Waals surface area contributed by atoms with Crippen molar-refractivity contribution in [2.24, 2.45) is 0 Å². The molecule has 0 saturated carbocycles. The van der Waals surface area contributed by atoms with E-state index >= 15 is 0 Å². The minimum atomic E-state index is -0.833. The summed E-state index contributed by atoms with van der Waals surface area (Å²) in [5.41, 5.74) is 1.42. The van der Waals surface area contributed by atoms with Crippen molar-refractivity contribution in [1.82, 2.24) is 30.1 Å². The fourth-order valence-corrected chi connectivity index (χ4v) is 4.22. The molecule has 0 spiro atoms. The number of nitrogens with one attached hydrogen (secondary N) is 1. The van der Waals surface area contributed by atoms with Gasteiger partial charge < -0.3 is 20.4 Å². The quantitative estimate of drug-likeness (QED) is 0.350. The van der Waals surface area contributed by atoms with E-state index in [4.69, 9.17) is 43.0 Å². The van der Waals surface area contributed by atoms with Crippen molar-refractivity contribution in [3.8, 4) is 5.69 Å². The molecule has 4 rings (SSSR count). The molecule has 0 aliphatic carbocycles. The summed E-state index contributed by atoms with van der Waals surface area (Å²) in [7, 11) is 0. The maximum absolute atomic E-state index is 13.7. The number of carbonyl (C=O) groups is 2. The van der Waals surface area contributed by atoms with E-state index in [1.165, 1.54) is 16.8 Å². The van der Waals surface area contributed by atoms with Crippen LogP contribution in [0.3, 0.4) is 0 Å². The largest absolute Gasteiger partial charge is 0.481 e. The van der Waals surface area contributed by atoms with Crippen molar-refractivity contribution >= 4 is 46.9 Å². The lowest BCUT2D eigenvalue weighted by molar-refractivity contribution is -0.135. The number of carboxylic acids is 2. The number of benzene rings is 1. The molecule has 0 bridgehead atoms. The van der Waals surface area contributed by atoms with Gasteiger partial charge in [-0.3, -0.25) is 14.5 Å². The molecule has 3 N–H and O–H groups in total. The third kappa shape index (κ3) is 9.88. The average molecular weight is 599 g/mol. The zero-order valence-corrected chi connectivity index (χ0v) is 24.2. The number of pyridine rings is 1. The molecular formula is C25H33Cl2FN8O4. The lowest BCUT2D eigenvalue weighted by atomic mass is 10.2. The maximum Gasteiger partial charge on any atom is 0.300 e. The van der Waals surface area contributed by atoms with E-state index in [1.807, 2.05) is 18.3 Å². The smallest absolute Gasteiger partial charge is 0.300 e. The number of aliphatic carboxylic acids is 2. The fraction of sp³-hybridized carbons (Fsp3) is 0.440. The summed E-state index contributed by atoms with van der Waals surface area (Å²) in [4.78, 5) is 27.5. The van der Waals surface area contributed by atoms with Crippen molar-refractivity contribution in [3.63, 3.8) is 0 Å². The van der Waals surface area contributed by atoms with Gasteiger partial charge in [-0.1, -0.05) is 34.4 Å². The van der Waals surface area contributed by atoms with Gasteiger partial charge in [-0.15, -0.1) is 0 Å². The predicted molar refractivity (Wildman–Crippen MR) is 151 cm³/mol. The third-order valence-electron chi connectivity index (χ3n) is 5.58. The van der Waals surface area contributed by atoms with Gasteiger partial charge in [-0.2, -0.15) is 4.68 Å². The van der Waals surface area contributed by atoms with Gasteiger partial charge in [0.15, 0.2) is 0 Å². The summed E-state index contributed by atoms with van der Waals surface area (Å²) >= 11 is 12.2. The van der Waals surface area contributed by atoms with Gasteiger partial charge in [0.25, 0.3) is 11.9 Å². The molecule has 0 amide bonds. The Kier molecular flexibility index (Phi) is 13.0. The Hall–Kier alpha value is -3.55. The van der Waals surface area contributed by atoms with E-state index in [1.54, 1.807) is 0 Å². The lowest BCUT2D eigenvalue weighted by Crippen LogP contribution is -2.35. The SMILES string of the molecule is CC(=O)O.CC(=O)O.CC(C)N1CCCN(c2ncccc2CNc2nnnn2-c2ccc(F)c(Cl)c2Cl)CC1. The number of tetrazole rings is 1. The summed E-state index contributed by atoms with van der Waals surface area (Å²) in [5, 5.41) is 29.7. The van der Waals surface area contributed by atoms with Gasteiger partial charge in [0.2, 0.25) is 5.95 Å². The highest BCUT2D eigenvalue weighted by molar-refractivity contribution is 6.43. The zero-order chi connectivity index (χ0) is 29.8. The van der Waals surface area contributed by atoms with E-state index in [0.29, 0.717) is 24.2 Å². The summed E-state index contributed by atoms with van der Waals surface area (Å²) in [6.45, 7) is 11.1. The van der Waals surface area contributed by atoms with Crippen LogP contribution in [-0.4, -0.2) is 84.5 Å². The van der Waals surface area contributed by atoms with Crippen LogP contribution in [-0.2, 0) is 16.1 Å². The summed E-state index contributed by atoms with van der Waals surface area (Å²) in [6, 6.07) is 7.20. The maximum atomic E-state index is 13.7. The zero-order valence-electron chi connectivity index (χ0n) is 22.7. The Morgan fingerprint density at radius 2 is 1.73 bits per heavy atom. The lowest BCUT2D eigenvalue weighted by Gasteiger charge is -2.26. The molecule has 1 aliphatic heterocycles. The minimum Gasteiger partial charge on any atom is -0.481 e. The van der Waals surface area contributed by atoms with E-state index in [-0.39, 0.29) is 10.0 Å². The average Bonchev–Trinajstić information content (AvgIpc) is 3.19. The first-order valence-corrected chi connectivity index (χ1v) is 13.2. The van der Waals surface area contributed by atoms with Gasteiger partial charge in [0, 0.05) is 64.4 Å². The molecule has 12 nitrogen and oxygen atoms in total. The Morgan fingerprint density at radius 3 is 2.38 bits per heavy atom. The topological polar surface area (TPSA) is 150 Å². The number of halogens is 3. The van der Waals surface area contributed by atoms with Gasteiger partial charge in [-0.25, -0.2) is 9.37 Å². The van der Waals surface area contributed by atoms with E-state index < -0.39 is 17.8 Å². The summed E-state index contributed by atoms with van der Waals surface area (Å²) in [6.07, 6.45) is 2.90. The first-order chi connectivity index (χ1) is 18.9. The number of rotatable bonds is 6. The molecule has 2 aromatic heterocycles. The van der Waals surface area contributed by atoms with Gasteiger partial charge in [0.1, 0.15) is 11.6 Å². The second-order valence-corrected chi connectivity index (χ2v) is 9.71. The van der Waals surface area contributed by atoms with Gasteiger partial charge in [-0.05, 0) is 48.9 Å². The summed E-state index contributed by atoms with van der Waals surface area (Å²) in [5.74, 6) is -0.949. The molecule has 3 heterocycles. The second-order valence-electron chi connectivity index (χ2n) is 8.96. The highest BCUT2D eigenvalue weighted by atomic mass is 35.5. The molecule has 1 aromatic carbocycles. The van der Waals surface area contributed by atoms with Crippen LogP contribution in [0.5, 0.6) is 0 Å². The molecule has 1 saturated heterocycles. The number of aromatic nitrogens is 5. The monoisotopic (exact) mass is 598 g/mol. The van der Waals surface area contributed by atoms with Crippen molar-refractivity contribution in [1.29, 1.82) is 0 Å². The molecule has 0 unspecified atom stereocenters. The second kappa shape index (κ2) is 15.9. The first kappa shape index (κ1) is 32.7. The van der Waals surface area contributed by atoms with Crippen molar-refractivity contribution in [2.45, 2.75) is 46.7 Å². The number of hydrogen-bond acceptors (Lipinski definition) is 9. The van der Waals surface area contributed by atoms with E-state index in [2.05, 4.69) is 49.5 Å². The van der Waals surface area contributed by atoms with Crippen LogP contribution in [0, 0.1) is 5.82 Å².